The summed E-state index contributed by atoms with van der Waals surface area (Å²) < 4.78 is 5.22. The highest BCUT2D eigenvalue weighted by molar-refractivity contribution is 5.80. The van der Waals surface area contributed by atoms with Crippen LogP contribution in [0.3, 0.4) is 0 Å². The number of anilines is 1. The Morgan fingerprint density at radius 3 is 2.28 bits per heavy atom. The number of aromatic nitrogens is 1. The third kappa shape index (κ3) is 1.70. The number of rotatable bonds is 2. The molecule has 3 nitrogen and oxygen atoms in total. The zero-order valence-electron chi connectivity index (χ0n) is 11.1. The third-order valence-corrected chi connectivity index (χ3v) is 3.64. The van der Waals surface area contributed by atoms with E-state index >= 15 is 0 Å². The van der Waals surface area contributed by atoms with E-state index in [-0.39, 0.29) is 0 Å². The minimum absolute atomic E-state index is 0.451. The highest BCUT2D eigenvalue weighted by atomic mass is 16.5. The van der Waals surface area contributed by atoms with Crippen LogP contribution in [0.1, 0.15) is 41.1 Å². The minimum atomic E-state index is 0.451. The van der Waals surface area contributed by atoms with Crippen LogP contribution in [0.4, 0.5) is 5.88 Å². The van der Waals surface area contributed by atoms with E-state index in [4.69, 9.17) is 10.3 Å². The Balaban J connectivity index is 2.23. The Bertz CT molecular complexity index is 586. The van der Waals surface area contributed by atoms with Crippen LogP contribution in [0.2, 0.25) is 0 Å². The Kier molecular flexibility index (Phi) is 2.44. The summed E-state index contributed by atoms with van der Waals surface area (Å²) in [6, 6.07) is 4.37. The Morgan fingerprint density at radius 2 is 1.72 bits per heavy atom. The van der Waals surface area contributed by atoms with Crippen molar-refractivity contribution in [2.75, 3.05) is 5.73 Å². The van der Waals surface area contributed by atoms with Crippen LogP contribution >= 0.6 is 0 Å². The Labute approximate surface area is 107 Å². The molecule has 1 aliphatic carbocycles. The lowest BCUT2D eigenvalue weighted by Gasteiger charge is -2.11. The lowest BCUT2D eigenvalue weighted by Crippen LogP contribution is -1.95. The molecule has 0 atom stereocenters. The first kappa shape index (κ1) is 11.3. The van der Waals surface area contributed by atoms with Crippen molar-refractivity contribution in [1.29, 1.82) is 0 Å². The molecule has 0 saturated heterocycles. The minimum Gasteiger partial charge on any atom is -0.367 e. The second-order valence-corrected chi connectivity index (χ2v) is 5.36. The molecule has 1 heterocycles. The molecule has 1 aromatic heterocycles. The van der Waals surface area contributed by atoms with Crippen LogP contribution in [-0.4, -0.2) is 5.16 Å². The van der Waals surface area contributed by atoms with Gasteiger partial charge in [0.15, 0.2) is 0 Å². The van der Waals surface area contributed by atoms with Crippen LogP contribution in [-0.2, 0) is 0 Å². The smallest absolute Gasteiger partial charge is 0.230 e. The second-order valence-electron chi connectivity index (χ2n) is 5.36. The monoisotopic (exact) mass is 242 g/mol. The van der Waals surface area contributed by atoms with Gasteiger partial charge in [-0.1, -0.05) is 22.9 Å². The van der Waals surface area contributed by atoms with Crippen molar-refractivity contribution >= 4 is 5.88 Å². The Morgan fingerprint density at radius 1 is 1.11 bits per heavy atom. The molecule has 0 unspecified atom stereocenters. The summed E-state index contributed by atoms with van der Waals surface area (Å²) >= 11 is 0. The highest BCUT2D eigenvalue weighted by Crippen LogP contribution is 2.47. The van der Waals surface area contributed by atoms with Crippen molar-refractivity contribution in [2.45, 2.75) is 39.5 Å². The summed E-state index contributed by atoms with van der Waals surface area (Å²) in [5.74, 6) is 0.994. The van der Waals surface area contributed by atoms with Gasteiger partial charge < -0.3 is 10.3 Å². The molecule has 2 N–H and O–H groups in total. The quantitative estimate of drug-likeness (QED) is 0.873. The zero-order valence-corrected chi connectivity index (χ0v) is 11.1. The summed E-state index contributed by atoms with van der Waals surface area (Å²) in [7, 11) is 0. The number of benzene rings is 1. The van der Waals surface area contributed by atoms with Gasteiger partial charge in [0.05, 0.1) is 11.3 Å². The fourth-order valence-corrected chi connectivity index (χ4v) is 2.78. The van der Waals surface area contributed by atoms with Crippen molar-refractivity contribution in [3.05, 3.63) is 34.5 Å². The van der Waals surface area contributed by atoms with Crippen molar-refractivity contribution in [3.63, 3.8) is 0 Å². The molecule has 1 saturated carbocycles. The van der Waals surface area contributed by atoms with E-state index in [9.17, 15) is 0 Å². The van der Waals surface area contributed by atoms with Crippen molar-refractivity contribution in [2.24, 2.45) is 0 Å². The molecular formula is C15H18N2O. The lowest BCUT2D eigenvalue weighted by molar-refractivity contribution is 0.428. The number of nitrogen functional groups attached to an aromatic ring is 1. The van der Waals surface area contributed by atoms with Gasteiger partial charge in [0.25, 0.3) is 0 Å². The molecule has 94 valence electrons. The molecule has 0 aliphatic heterocycles. The summed E-state index contributed by atoms with van der Waals surface area (Å²) in [5.41, 5.74) is 13.0. The molecule has 0 bridgehead atoms. The van der Waals surface area contributed by atoms with Gasteiger partial charge in [-0.25, -0.2) is 0 Å². The number of hydrogen-bond acceptors (Lipinski definition) is 3. The number of nitrogens with two attached hydrogens (primary N) is 1. The van der Waals surface area contributed by atoms with Crippen LogP contribution in [0, 0.1) is 20.8 Å². The van der Waals surface area contributed by atoms with Crippen molar-refractivity contribution < 1.29 is 4.52 Å². The Hall–Kier alpha value is -1.77. The molecule has 1 fully saturated rings. The van der Waals surface area contributed by atoms with Gasteiger partial charge in [-0.15, -0.1) is 0 Å². The molecule has 0 amide bonds. The maximum absolute atomic E-state index is 5.99. The van der Waals surface area contributed by atoms with Gasteiger partial charge in [-0.05, 0) is 50.3 Å². The van der Waals surface area contributed by atoms with Crippen LogP contribution in [0.25, 0.3) is 11.1 Å². The van der Waals surface area contributed by atoms with Gasteiger partial charge in [-0.3, -0.25) is 0 Å². The molecular weight excluding hydrogens is 224 g/mol. The average molecular weight is 242 g/mol. The van der Waals surface area contributed by atoms with Crippen LogP contribution in [0.5, 0.6) is 0 Å². The number of aryl methyl sites for hydroxylation is 3. The molecule has 18 heavy (non-hydrogen) atoms. The van der Waals surface area contributed by atoms with E-state index in [1.54, 1.807) is 0 Å². The van der Waals surface area contributed by atoms with Crippen LogP contribution < -0.4 is 5.73 Å². The largest absolute Gasteiger partial charge is 0.367 e. The topological polar surface area (TPSA) is 52.0 Å². The molecule has 1 aromatic carbocycles. The van der Waals surface area contributed by atoms with Gasteiger partial charge >= 0.3 is 0 Å². The van der Waals surface area contributed by atoms with Gasteiger partial charge in [0.1, 0.15) is 0 Å². The summed E-state index contributed by atoms with van der Waals surface area (Å²) in [6.45, 7) is 6.36. The molecule has 2 aromatic rings. The van der Waals surface area contributed by atoms with E-state index in [1.165, 1.54) is 35.1 Å². The summed E-state index contributed by atoms with van der Waals surface area (Å²) in [6.07, 6.45) is 2.39. The first-order valence-electron chi connectivity index (χ1n) is 6.41. The van der Waals surface area contributed by atoms with Crippen molar-refractivity contribution in [1.82, 2.24) is 5.16 Å². The second kappa shape index (κ2) is 3.87. The number of hydrogen-bond donors (Lipinski definition) is 1. The lowest BCUT2D eigenvalue weighted by atomic mass is 9.92. The first-order chi connectivity index (χ1) is 8.58. The maximum Gasteiger partial charge on any atom is 0.230 e. The van der Waals surface area contributed by atoms with Gasteiger partial charge in [0.2, 0.25) is 5.88 Å². The van der Waals surface area contributed by atoms with Gasteiger partial charge in [-0.2, -0.15) is 0 Å². The van der Waals surface area contributed by atoms with E-state index < -0.39 is 0 Å². The fourth-order valence-electron chi connectivity index (χ4n) is 2.78. The first-order valence-corrected chi connectivity index (χ1v) is 6.41. The van der Waals surface area contributed by atoms with Gasteiger partial charge in [0, 0.05) is 5.92 Å². The molecule has 0 spiro atoms. The maximum atomic E-state index is 5.99. The van der Waals surface area contributed by atoms with E-state index in [1.807, 2.05) is 0 Å². The summed E-state index contributed by atoms with van der Waals surface area (Å²) in [4.78, 5) is 0. The normalized spacial score (nSPS) is 15.1. The third-order valence-electron chi connectivity index (χ3n) is 3.64. The molecule has 0 radical (unpaired) electrons. The standard InChI is InChI=1S/C15H18N2O/c1-8-6-9(2)12(10(3)7-8)13-14(11-4-5-11)17-18-15(13)16/h6-7,11H,4-5,16H2,1-3H3. The van der Waals surface area contributed by atoms with Crippen molar-refractivity contribution in [3.8, 4) is 11.1 Å². The average Bonchev–Trinajstić information content (AvgIpc) is 3.04. The van der Waals surface area contributed by atoms with Crippen LogP contribution in [0.15, 0.2) is 16.7 Å². The fraction of sp³-hybridized carbons (Fsp3) is 0.400. The highest BCUT2D eigenvalue weighted by Gasteiger charge is 2.32. The molecule has 1 aliphatic rings. The zero-order chi connectivity index (χ0) is 12.9. The van der Waals surface area contributed by atoms with E-state index in [0.717, 1.165) is 11.3 Å². The molecule has 3 rings (SSSR count). The predicted octanol–water partition coefficient (Wildman–Crippen LogP) is 3.73. The van der Waals surface area contributed by atoms with E-state index in [2.05, 4.69) is 38.1 Å². The molecule has 3 heteroatoms. The number of nitrogens with zero attached hydrogens (tertiary/aromatic N) is 1. The SMILES string of the molecule is Cc1cc(C)c(-c2c(C3CC3)noc2N)c(C)c1. The summed E-state index contributed by atoms with van der Waals surface area (Å²) in [5, 5.41) is 4.16. The predicted molar refractivity (Wildman–Crippen MR) is 72.5 cm³/mol. The van der Waals surface area contributed by atoms with E-state index in [0.29, 0.717) is 11.8 Å².